The highest BCUT2D eigenvalue weighted by Gasteiger charge is 2.17. The molecule has 0 spiro atoms. The van der Waals surface area contributed by atoms with E-state index >= 15 is 0 Å². The van der Waals surface area contributed by atoms with Crippen molar-refractivity contribution in [2.75, 3.05) is 5.32 Å². The van der Waals surface area contributed by atoms with Gasteiger partial charge in [-0.1, -0.05) is 24.3 Å². The molecule has 1 aromatic heterocycles. The summed E-state index contributed by atoms with van der Waals surface area (Å²) in [6.45, 7) is 1.64. The average Bonchev–Trinajstić information content (AvgIpc) is 2.62. The first-order valence-corrected chi connectivity index (χ1v) is 7.50. The van der Waals surface area contributed by atoms with Gasteiger partial charge in [-0.25, -0.2) is 9.97 Å². The Morgan fingerprint density at radius 3 is 2.62 bits per heavy atom. The quantitative estimate of drug-likeness (QED) is 0.773. The molecule has 1 unspecified atom stereocenters. The molecule has 0 saturated heterocycles. The van der Waals surface area contributed by atoms with Crippen LogP contribution < -0.4 is 10.6 Å². The van der Waals surface area contributed by atoms with Crippen LogP contribution in [0, 0.1) is 0 Å². The van der Waals surface area contributed by atoms with Crippen molar-refractivity contribution in [2.24, 2.45) is 0 Å². The molecule has 1 heterocycles. The van der Waals surface area contributed by atoms with E-state index in [4.69, 9.17) is 0 Å². The highest BCUT2D eigenvalue weighted by Crippen LogP contribution is 2.20. The van der Waals surface area contributed by atoms with E-state index in [9.17, 15) is 9.59 Å². The number of anilines is 1. The molecule has 1 atom stereocenters. The third-order valence-electron chi connectivity index (χ3n) is 3.58. The molecule has 120 valence electrons. The average molecular weight is 320 g/mol. The largest absolute Gasteiger partial charge is 0.341 e. The lowest BCUT2D eigenvalue weighted by atomic mass is 10.2. The maximum absolute atomic E-state index is 12.4. The fourth-order valence-corrected chi connectivity index (χ4v) is 2.29. The van der Waals surface area contributed by atoms with Crippen molar-refractivity contribution in [3.8, 4) is 0 Å². The molecular formula is C18H16N4O2. The molecule has 2 aromatic carbocycles. The Morgan fingerprint density at radius 1 is 1.04 bits per heavy atom. The molecule has 2 amide bonds. The molecule has 0 bridgehead atoms. The molecule has 0 aliphatic rings. The van der Waals surface area contributed by atoms with Crippen LogP contribution in [0.25, 0.3) is 10.9 Å². The first-order valence-electron chi connectivity index (χ1n) is 7.50. The van der Waals surface area contributed by atoms with Crippen LogP contribution in [-0.2, 0) is 4.79 Å². The number of nitrogens with one attached hydrogen (secondary N) is 2. The number of carbonyl (C=O) groups excluding carboxylic acids is 2. The van der Waals surface area contributed by atoms with Crippen molar-refractivity contribution in [1.82, 2.24) is 15.3 Å². The third kappa shape index (κ3) is 3.38. The fourth-order valence-electron chi connectivity index (χ4n) is 2.29. The predicted molar refractivity (Wildman–Crippen MR) is 91.5 cm³/mol. The van der Waals surface area contributed by atoms with E-state index in [1.54, 1.807) is 49.5 Å². The molecule has 0 aliphatic carbocycles. The number of hydrogen-bond donors (Lipinski definition) is 2. The van der Waals surface area contributed by atoms with Crippen LogP contribution in [0.15, 0.2) is 61.1 Å². The summed E-state index contributed by atoms with van der Waals surface area (Å²) in [5, 5.41) is 6.24. The summed E-state index contributed by atoms with van der Waals surface area (Å²) in [7, 11) is 0. The molecule has 24 heavy (non-hydrogen) atoms. The van der Waals surface area contributed by atoms with Crippen molar-refractivity contribution >= 4 is 28.4 Å². The molecule has 0 radical (unpaired) electrons. The van der Waals surface area contributed by atoms with Gasteiger partial charge in [-0.15, -0.1) is 0 Å². The standard InChI is InChI=1S/C18H16N4O2/c1-12(21-18(24)13-6-3-2-4-7-13)17(23)22-16-9-5-8-15-14(16)10-19-11-20-15/h2-12H,1H3,(H,21,24)(H,22,23). The zero-order valence-corrected chi connectivity index (χ0v) is 13.1. The third-order valence-corrected chi connectivity index (χ3v) is 3.58. The van der Waals surface area contributed by atoms with Gasteiger partial charge in [-0.3, -0.25) is 9.59 Å². The van der Waals surface area contributed by atoms with Gasteiger partial charge in [0.15, 0.2) is 0 Å². The van der Waals surface area contributed by atoms with E-state index in [-0.39, 0.29) is 11.8 Å². The van der Waals surface area contributed by atoms with Crippen LogP contribution in [0.3, 0.4) is 0 Å². The Labute approximate surface area is 138 Å². The van der Waals surface area contributed by atoms with E-state index < -0.39 is 6.04 Å². The Bertz CT molecular complexity index is 875. The second-order valence-corrected chi connectivity index (χ2v) is 5.31. The molecule has 6 nitrogen and oxygen atoms in total. The summed E-state index contributed by atoms with van der Waals surface area (Å²) in [4.78, 5) is 32.6. The number of amides is 2. The molecule has 2 N–H and O–H groups in total. The van der Waals surface area contributed by atoms with E-state index in [1.165, 1.54) is 6.33 Å². The summed E-state index contributed by atoms with van der Waals surface area (Å²) in [6.07, 6.45) is 3.10. The van der Waals surface area contributed by atoms with Crippen molar-refractivity contribution in [3.63, 3.8) is 0 Å². The number of benzene rings is 2. The molecule has 0 fully saturated rings. The zero-order chi connectivity index (χ0) is 16.9. The Morgan fingerprint density at radius 2 is 1.83 bits per heavy atom. The lowest BCUT2D eigenvalue weighted by Crippen LogP contribution is -2.41. The SMILES string of the molecule is CC(NC(=O)c1ccccc1)C(=O)Nc1cccc2ncncc12. The van der Waals surface area contributed by atoms with Crippen LogP contribution in [0.5, 0.6) is 0 Å². The normalized spacial score (nSPS) is 11.7. The monoisotopic (exact) mass is 320 g/mol. The summed E-state index contributed by atoms with van der Waals surface area (Å²) in [5.74, 6) is -0.602. The fraction of sp³-hybridized carbons (Fsp3) is 0.111. The van der Waals surface area contributed by atoms with Crippen LogP contribution >= 0.6 is 0 Å². The van der Waals surface area contributed by atoms with E-state index in [0.29, 0.717) is 11.3 Å². The Kier molecular flexibility index (Phi) is 4.47. The second kappa shape index (κ2) is 6.87. The van der Waals surface area contributed by atoms with Crippen LogP contribution in [0.4, 0.5) is 5.69 Å². The number of nitrogens with zero attached hydrogens (tertiary/aromatic N) is 2. The highest BCUT2D eigenvalue weighted by atomic mass is 16.2. The Balaban J connectivity index is 1.71. The van der Waals surface area contributed by atoms with Crippen molar-refractivity contribution in [3.05, 3.63) is 66.6 Å². The van der Waals surface area contributed by atoms with Gasteiger partial charge in [0, 0.05) is 17.1 Å². The summed E-state index contributed by atoms with van der Waals surface area (Å²) < 4.78 is 0. The van der Waals surface area contributed by atoms with Crippen LogP contribution in [0.2, 0.25) is 0 Å². The topological polar surface area (TPSA) is 84.0 Å². The summed E-state index contributed by atoms with van der Waals surface area (Å²) in [5.41, 5.74) is 1.86. The lowest BCUT2D eigenvalue weighted by Gasteiger charge is -2.15. The van der Waals surface area contributed by atoms with Gasteiger partial charge >= 0.3 is 0 Å². The molecule has 3 rings (SSSR count). The number of carbonyl (C=O) groups is 2. The van der Waals surface area contributed by atoms with Gasteiger partial charge in [0.25, 0.3) is 5.91 Å². The number of fused-ring (bicyclic) bond motifs is 1. The smallest absolute Gasteiger partial charge is 0.251 e. The van der Waals surface area contributed by atoms with Crippen molar-refractivity contribution < 1.29 is 9.59 Å². The van der Waals surface area contributed by atoms with Gasteiger partial charge < -0.3 is 10.6 Å². The highest BCUT2D eigenvalue weighted by molar-refractivity contribution is 6.04. The molecule has 0 saturated carbocycles. The van der Waals surface area contributed by atoms with Gasteiger partial charge in [0.05, 0.1) is 11.2 Å². The molecular weight excluding hydrogens is 304 g/mol. The van der Waals surface area contributed by atoms with Crippen molar-refractivity contribution in [2.45, 2.75) is 13.0 Å². The number of hydrogen-bond acceptors (Lipinski definition) is 4. The first kappa shape index (κ1) is 15.6. The van der Waals surface area contributed by atoms with E-state index in [1.807, 2.05) is 12.1 Å². The molecule has 3 aromatic rings. The van der Waals surface area contributed by atoms with Gasteiger partial charge in [0.2, 0.25) is 5.91 Å². The summed E-state index contributed by atoms with van der Waals surface area (Å²) in [6, 6.07) is 13.5. The van der Waals surface area contributed by atoms with Gasteiger partial charge in [-0.05, 0) is 31.2 Å². The lowest BCUT2D eigenvalue weighted by molar-refractivity contribution is -0.117. The van der Waals surface area contributed by atoms with Crippen molar-refractivity contribution in [1.29, 1.82) is 0 Å². The zero-order valence-electron chi connectivity index (χ0n) is 13.1. The molecule has 0 aliphatic heterocycles. The first-order chi connectivity index (χ1) is 11.6. The minimum atomic E-state index is -0.683. The van der Waals surface area contributed by atoms with Gasteiger partial charge in [-0.2, -0.15) is 0 Å². The van der Waals surface area contributed by atoms with Crippen LogP contribution in [-0.4, -0.2) is 27.8 Å². The van der Waals surface area contributed by atoms with Crippen LogP contribution in [0.1, 0.15) is 17.3 Å². The number of rotatable bonds is 4. The summed E-state index contributed by atoms with van der Waals surface area (Å²) >= 11 is 0. The minimum absolute atomic E-state index is 0.292. The predicted octanol–water partition coefficient (Wildman–Crippen LogP) is 2.39. The second-order valence-electron chi connectivity index (χ2n) is 5.31. The van der Waals surface area contributed by atoms with E-state index in [2.05, 4.69) is 20.6 Å². The maximum atomic E-state index is 12.4. The van der Waals surface area contributed by atoms with Gasteiger partial charge in [0.1, 0.15) is 12.4 Å². The number of aromatic nitrogens is 2. The Hall–Kier alpha value is -3.28. The maximum Gasteiger partial charge on any atom is 0.251 e. The minimum Gasteiger partial charge on any atom is -0.341 e. The van der Waals surface area contributed by atoms with E-state index in [0.717, 1.165) is 10.9 Å². The molecule has 6 heteroatoms.